The van der Waals surface area contributed by atoms with E-state index in [1.54, 1.807) is 12.1 Å². The highest BCUT2D eigenvalue weighted by molar-refractivity contribution is 7.91. The van der Waals surface area contributed by atoms with Crippen molar-refractivity contribution < 1.29 is 28.2 Å². The molecule has 2 N–H and O–H groups in total. The fourth-order valence-electron chi connectivity index (χ4n) is 2.42. The second-order valence-electron chi connectivity index (χ2n) is 5.70. The maximum absolute atomic E-state index is 12.4. The zero-order valence-corrected chi connectivity index (χ0v) is 15.9. The third kappa shape index (κ3) is 4.26. The molecule has 0 radical (unpaired) electrons. The molecule has 10 heteroatoms. The van der Waals surface area contributed by atoms with Gasteiger partial charge in [0.15, 0.2) is 26.6 Å². The van der Waals surface area contributed by atoms with E-state index in [0.717, 1.165) is 4.57 Å². The molecule has 2 heterocycles. The summed E-state index contributed by atoms with van der Waals surface area (Å²) >= 11 is 5.80. The average Bonchev–Trinajstić information content (AvgIpc) is 3.00. The number of aromatic hydroxyl groups is 2. The number of carbonyl (C=O) groups excluding carboxylic acids is 1. The fraction of sp³-hybridized carbons (Fsp3) is 0.111. The van der Waals surface area contributed by atoms with Crippen LogP contribution in [0, 0.1) is 0 Å². The van der Waals surface area contributed by atoms with Crippen LogP contribution in [0.4, 0.5) is 0 Å². The Morgan fingerprint density at radius 2 is 1.82 bits per heavy atom. The number of sulfone groups is 1. The first-order valence-corrected chi connectivity index (χ1v) is 10.0. The molecule has 0 saturated carbocycles. The molecule has 0 amide bonds. The molecule has 2 aromatic heterocycles. The Kier molecular flexibility index (Phi) is 5.57. The van der Waals surface area contributed by atoms with Crippen LogP contribution in [0.15, 0.2) is 59.8 Å². The Labute approximate surface area is 165 Å². The molecule has 0 aliphatic rings. The highest BCUT2D eigenvalue weighted by Gasteiger charge is 2.18. The first-order valence-electron chi connectivity index (χ1n) is 7.99. The molecule has 3 rings (SSSR count). The minimum atomic E-state index is -3.80. The van der Waals surface area contributed by atoms with Crippen LogP contribution in [-0.2, 0) is 14.6 Å². The van der Waals surface area contributed by atoms with Gasteiger partial charge in [-0.3, -0.25) is 4.57 Å². The molecule has 0 aliphatic carbocycles. The minimum absolute atomic E-state index is 0.220. The highest BCUT2D eigenvalue weighted by Crippen LogP contribution is 2.26. The molecule has 0 fully saturated rings. The fourth-order valence-corrected chi connectivity index (χ4v) is 3.61. The first kappa shape index (κ1) is 19.7. The molecule has 8 nitrogen and oxygen atoms in total. The van der Waals surface area contributed by atoms with Crippen molar-refractivity contribution in [1.82, 2.24) is 9.55 Å². The molecule has 0 unspecified atom stereocenters. The van der Waals surface area contributed by atoms with Crippen LogP contribution < -0.4 is 0 Å². The molecule has 1 aromatic carbocycles. The van der Waals surface area contributed by atoms with E-state index in [-0.39, 0.29) is 34.6 Å². The van der Waals surface area contributed by atoms with Gasteiger partial charge in [-0.25, -0.2) is 18.2 Å². The molecule has 3 aromatic rings. The monoisotopic (exact) mass is 422 g/mol. The largest absolute Gasteiger partial charge is 0.494 e. The van der Waals surface area contributed by atoms with Crippen molar-refractivity contribution in [2.24, 2.45) is 0 Å². The number of ether oxygens (including phenoxy) is 1. The average molecular weight is 423 g/mol. The van der Waals surface area contributed by atoms with Crippen LogP contribution in [0.2, 0.25) is 5.02 Å². The van der Waals surface area contributed by atoms with E-state index in [0.29, 0.717) is 5.02 Å². The second-order valence-corrected chi connectivity index (χ2v) is 8.20. The van der Waals surface area contributed by atoms with Gasteiger partial charge < -0.3 is 14.9 Å². The van der Waals surface area contributed by atoms with Crippen LogP contribution in [-0.4, -0.2) is 46.5 Å². The first-order chi connectivity index (χ1) is 13.3. The van der Waals surface area contributed by atoms with Gasteiger partial charge in [-0.2, -0.15) is 0 Å². The van der Waals surface area contributed by atoms with Crippen molar-refractivity contribution in [3.8, 4) is 17.4 Å². The number of aromatic nitrogens is 2. The topological polar surface area (TPSA) is 119 Å². The third-order valence-corrected chi connectivity index (χ3v) is 5.60. The number of hydrogen-bond donors (Lipinski definition) is 2. The van der Waals surface area contributed by atoms with Crippen LogP contribution in [0.5, 0.6) is 11.8 Å². The van der Waals surface area contributed by atoms with Gasteiger partial charge >= 0.3 is 5.97 Å². The number of hydrogen-bond acceptors (Lipinski definition) is 7. The molecule has 0 spiro atoms. The van der Waals surface area contributed by atoms with E-state index < -0.39 is 21.6 Å². The molecule has 0 aliphatic heterocycles. The normalized spacial score (nSPS) is 11.3. The standard InChI is InChI=1S/C18H15ClN2O6S/c19-13-3-1-2-12(10-13)18(24)27-8-9-28(25,26)15-5-4-14(11-20-15)21-16(22)6-7-17(21)23/h1-7,10-11,22-23H,8-9H2. The lowest BCUT2D eigenvalue weighted by Crippen LogP contribution is -2.16. The minimum Gasteiger partial charge on any atom is -0.494 e. The summed E-state index contributed by atoms with van der Waals surface area (Å²) in [4.78, 5) is 15.8. The van der Waals surface area contributed by atoms with Crippen molar-refractivity contribution in [2.45, 2.75) is 5.03 Å². The summed E-state index contributed by atoms with van der Waals surface area (Å²) in [6.07, 6.45) is 1.20. The van der Waals surface area contributed by atoms with Crippen LogP contribution >= 0.6 is 11.6 Å². The summed E-state index contributed by atoms with van der Waals surface area (Å²) < 4.78 is 30.8. The third-order valence-electron chi connectivity index (χ3n) is 3.78. The second kappa shape index (κ2) is 7.91. The Morgan fingerprint density at radius 1 is 1.11 bits per heavy atom. The van der Waals surface area contributed by atoms with E-state index in [1.165, 1.54) is 42.6 Å². The number of nitrogens with zero attached hydrogens (tertiary/aromatic N) is 2. The number of benzene rings is 1. The van der Waals surface area contributed by atoms with Crippen molar-refractivity contribution in [2.75, 3.05) is 12.4 Å². The maximum atomic E-state index is 12.4. The van der Waals surface area contributed by atoms with Gasteiger partial charge in [-0.1, -0.05) is 17.7 Å². The number of pyridine rings is 1. The van der Waals surface area contributed by atoms with Crippen LogP contribution in [0.3, 0.4) is 0 Å². The maximum Gasteiger partial charge on any atom is 0.338 e. The molecule has 0 atom stereocenters. The summed E-state index contributed by atoms with van der Waals surface area (Å²) in [7, 11) is -3.80. The lowest BCUT2D eigenvalue weighted by atomic mass is 10.2. The summed E-state index contributed by atoms with van der Waals surface area (Å²) in [6.45, 7) is -0.351. The number of esters is 1. The molecule has 146 valence electrons. The van der Waals surface area contributed by atoms with E-state index in [4.69, 9.17) is 16.3 Å². The number of halogens is 1. The highest BCUT2D eigenvalue weighted by atomic mass is 35.5. The van der Waals surface area contributed by atoms with Crippen molar-refractivity contribution in [1.29, 1.82) is 0 Å². The van der Waals surface area contributed by atoms with Crippen molar-refractivity contribution in [3.63, 3.8) is 0 Å². The smallest absolute Gasteiger partial charge is 0.338 e. The molecule has 0 saturated heterocycles. The summed E-state index contributed by atoms with van der Waals surface area (Å²) in [5, 5.41) is 19.5. The predicted molar refractivity (Wildman–Crippen MR) is 101 cm³/mol. The van der Waals surface area contributed by atoms with Gasteiger partial charge in [-0.15, -0.1) is 0 Å². The van der Waals surface area contributed by atoms with Gasteiger partial charge in [0.2, 0.25) is 0 Å². The van der Waals surface area contributed by atoms with E-state index in [9.17, 15) is 23.4 Å². The lowest BCUT2D eigenvalue weighted by molar-refractivity contribution is 0.0529. The molecule has 0 bridgehead atoms. The summed E-state index contributed by atoms with van der Waals surface area (Å²) in [5.41, 5.74) is 0.505. The van der Waals surface area contributed by atoms with E-state index in [2.05, 4.69) is 4.98 Å². The van der Waals surface area contributed by atoms with Crippen LogP contribution in [0.25, 0.3) is 5.69 Å². The number of rotatable bonds is 6. The van der Waals surface area contributed by atoms with Gasteiger partial charge in [0.05, 0.1) is 23.2 Å². The lowest BCUT2D eigenvalue weighted by Gasteiger charge is -2.08. The zero-order chi connectivity index (χ0) is 20.3. The Morgan fingerprint density at radius 3 is 2.43 bits per heavy atom. The Balaban J connectivity index is 1.65. The van der Waals surface area contributed by atoms with Crippen LogP contribution in [0.1, 0.15) is 10.4 Å². The molecular formula is C18H15ClN2O6S. The van der Waals surface area contributed by atoms with Crippen molar-refractivity contribution >= 4 is 27.4 Å². The van der Waals surface area contributed by atoms with Gasteiger partial charge in [0.1, 0.15) is 6.61 Å². The predicted octanol–water partition coefficient (Wildman–Crippen LogP) is 2.57. The quantitative estimate of drug-likeness (QED) is 0.586. The SMILES string of the molecule is O=C(OCCS(=O)(=O)c1ccc(-n2c(O)ccc2O)cn1)c1cccc(Cl)c1. The van der Waals surface area contributed by atoms with E-state index >= 15 is 0 Å². The van der Waals surface area contributed by atoms with Gasteiger partial charge in [-0.05, 0) is 30.3 Å². The zero-order valence-electron chi connectivity index (χ0n) is 14.3. The number of carbonyl (C=O) groups is 1. The Bertz CT molecular complexity index is 1090. The Hall–Kier alpha value is -3.04. The van der Waals surface area contributed by atoms with Crippen molar-refractivity contribution in [3.05, 3.63) is 65.3 Å². The van der Waals surface area contributed by atoms with Gasteiger partial charge in [0.25, 0.3) is 0 Å². The van der Waals surface area contributed by atoms with Gasteiger partial charge in [0, 0.05) is 17.2 Å². The summed E-state index contributed by atoms with van der Waals surface area (Å²) in [5.74, 6) is -1.57. The summed E-state index contributed by atoms with van der Waals surface area (Å²) in [6, 6.07) is 11.3. The molecule has 28 heavy (non-hydrogen) atoms. The van der Waals surface area contributed by atoms with E-state index in [1.807, 2.05) is 0 Å². The molecular weight excluding hydrogens is 408 g/mol.